The molecule has 3 aromatic carbocycles. The highest BCUT2D eigenvalue weighted by atomic mass is 32.2. The second kappa shape index (κ2) is 14.5. The molecule has 0 bridgehead atoms. The predicted molar refractivity (Wildman–Crippen MR) is 168 cm³/mol. The van der Waals surface area contributed by atoms with Crippen LogP contribution in [0.15, 0.2) is 66.7 Å². The first-order valence-electron chi connectivity index (χ1n) is 14.5. The molecule has 0 spiro atoms. The first kappa shape index (κ1) is 31.3. The molecule has 10 heteroatoms. The van der Waals surface area contributed by atoms with Gasteiger partial charge in [0.2, 0.25) is 10.0 Å². The maximum absolute atomic E-state index is 13.7. The first-order chi connectivity index (χ1) is 20.2. The number of anilines is 2. The second-order valence-corrected chi connectivity index (χ2v) is 12.7. The number of nitrogens with zero attached hydrogens (tertiary/aromatic N) is 1. The highest BCUT2D eigenvalue weighted by molar-refractivity contribution is 7.92. The monoisotopic (exact) mass is 594 g/mol. The number of amides is 1. The number of ether oxygens (including phenoxy) is 1. The number of rotatable bonds is 13. The molecule has 1 aliphatic rings. The molecule has 1 heterocycles. The Labute approximate surface area is 249 Å². The fourth-order valence-corrected chi connectivity index (χ4v) is 6.85. The summed E-state index contributed by atoms with van der Waals surface area (Å²) in [5, 5.41) is 20.8. The molecule has 0 unspecified atom stereocenters. The smallest absolute Gasteiger partial charge is 0.251 e. The summed E-state index contributed by atoms with van der Waals surface area (Å²) in [5.41, 5.74) is 4.55. The molecule has 9 nitrogen and oxygen atoms in total. The van der Waals surface area contributed by atoms with E-state index in [2.05, 4.69) is 22.0 Å². The number of nitrogens with one attached hydrogen (secondary N) is 3. The van der Waals surface area contributed by atoms with E-state index in [-0.39, 0.29) is 18.2 Å². The molecule has 1 aliphatic heterocycles. The summed E-state index contributed by atoms with van der Waals surface area (Å²) >= 11 is 0. The van der Waals surface area contributed by atoms with E-state index in [4.69, 9.17) is 4.74 Å². The van der Waals surface area contributed by atoms with Gasteiger partial charge in [-0.25, -0.2) is 8.42 Å². The third kappa shape index (κ3) is 8.47. The zero-order chi connectivity index (χ0) is 30.1. The number of carbonyl (C=O) groups excluding carboxylic acids is 1. The highest BCUT2D eigenvalue weighted by Crippen LogP contribution is 2.28. The Hall–Kier alpha value is -3.60. The highest BCUT2D eigenvalue weighted by Gasteiger charge is 2.28. The third-order valence-corrected chi connectivity index (χ3v) is 9.18. The molecular weight excluding hydrogens is 552 g/mol. The fraction of sp³-hybridized carbons (Fsp3) is 0.406. The van der Waals surface area contributed by atoms with Gasteiger partial charge in [-0.05, 0) is 80.1 Å². The molecule has 4 rings (SSSR count). The van der Waals surface area contributed by atoms with Crippen LogP contribution in [0.2, 0.25) is 0 Å². The van der Waals surface area contributed by atoms with E-state index in [0.717, 1.165) is 28.9 Å². The number of methoxy groups -OCH3 is 1. The topological polar surface area (TPSA) is 120 Å². The summed E-state index contributed by atoms with van der Waals surface area (Å²) in [5.74, 6) is 0.486. The lowest BCUT2D eigenvalue weighted by Crippen LogP contribution is -2.48. The molecule has 42 heavy (non-hydrogen) atoms. The summed E-state index contributed by atoms with van der Waals surface area (Å²) in [7, 11) is -1.82. The zero-order valence-electron chi connectivity index (χ0n) is 24.6. The minimum atomic E-state index is -3.45. The molecule has 1 fully saturated rings. The van der Waals surface area contributed by atoms with Crippen LogP contribution >= 0.6 is 0 Å². The van der Waals surface area contributed by atoms with Gasteiger partial charge in [-0.2, -0.15) is 0 Å². The third-order valence-electron chi connectivity index (χ3n) is 7.31. The molecule has 1 saturated heterocycles. The van der Waals surface area contributed by atoms with Gasteiger partial charge < -0.3 is 25.8 Å². The normalized spacial score (nSPS) is 16.0. The Morgan fingerprint density at radius 1 is 1.05 bits per heavy atom. The van der Waals surface area contributed by atoms with Crippen molar-refractivity contribution in [3.8, 4) is 5.75 Å². The Morgan fingerprint density at radius 3 is 2.55 bits per heavy atom. The zero-order valence-corrected chi connectivity index (χ0v) is 25.4. The van der Waals surface area contributed by atoms with Crippen LogP contribution in [-0.4, -0.2) is 64.1 Å². The molecule has 4 N–H and O–H groups in total. The van der Waals surface area contributed by atoms with Crippen molar-refractivity contribution >= 4 is 27.3 Å². The number of sulfonamides is 1. The van der Waals surface area contributed by atoms with Gasteiger partial charge >= 0.3 is 0 Å². The van der Waals surface area contributed by atoms with Crippen molar-refractivity contribution in [2.75, 3.05) is 42.1 Å². The van der Waals surface area contributed by atoms with E-state index in [1.807, 2.05) is 56.3 Å². The van der Waals surface area contributed by atoms with Gasteiger partial charge in [-0.1, -0.05) is 36.4 Å². The minimum Gasteiger partial charge on any atom is -0.497 e. The number of carbonyl (C=O) groups is 1. The largest absolute Gasteiger partial charge is 0.497 e. The number of benzene rings is 3. The number of aliphatic hydroxyl groups excluding tert-OH is 1. The molecule has 1 amide bonds. The van der Waals surface area contributed by atoms with Crippen LogP contribution in [-0.2, 0) is 23.0 Å². The quantitative estimate of drug-likeness (QED) is 0.237. The van der Waals surface area contributed by atoms with Crippen molar-refractivity contribution in [2.45, 2.75) is 51.8 Å². The van der Waals surface area contributed by atoms with Crippen LogP contribution < -0.4 is 25.0 Å². The van der Waals surface area contributed by atoms with Gasteiger partial charge in [0.05, 0.1) is 30.7 Å². The summed E-state index contributed by atoms with van der Waals surface area (Å²) in [6.45, 7) is 5.72. The summed E-state index contributed by atoms with van der Waals surface area (Å²) in [6.07, 6.45) is 0.928. The molecule has 0 aliphatic carbocycles. The van der Waals surface area contributed by atoms with E-state index in [9.17, 15) is 18.3 Å². The first-order valence-corrected chi connectivity index (χ1v) is 16.1. The van der Waals surface area contributed by atoms with Gasteiger partial charge in [-0.15, -0.1) is 0 Å². The molecule has 226 valence electrons. The lowest BCUT2D eigenvalue weighted by atomic mass is 10.00. The summed E-state index contributed by atoms with van der Waals surface area (Å²) in [6, 6.07) is 20.2. The van der Waals surface area contributed by atoms with Gasteiger partial charge in [0.25, 0.3) is 5.91 Å². The second-order valence-electron chi connectivity index (χ2n) is 10.7. The van der Waals surface area contributed by atoms with E-state index in [1.54, 1.807) is 25.3 Å². The number of aryl methyl sites for hydroxylation is 1. The lowest BCUT2D eigenvalue weighted by molar-refractivity contribution is 0.0830. The van der Waals surface area contributed by atoms with Crippen molar-refractivity contribution in [1.82, 2.24) is 10.6 Å². The van der Waals surface area contributed by atoms with Gasteiger partial charge in [-0.3, -0.25) is 9.10 Å². The van der Waals surface area contributed by atoms with E-state index in [0.29, 0.717) is 49.4 Å². The standard InChI is InChI=1S/C32H42N4O5S/c1-4-34-27-18-26(19-28(20-27)36-12-8-9-13-42(36,39)40)32(38)35-30(17-24-10-6-5-7-11-24)31(37)22-33-21-25-14-23(2)15-29(16-25)41-3/h5-7,10-11,14-16,18-20,30-31,33-34,37H,4,8-9,12-13,17,21-22H2,1-3H3,(H,35,38)/t30-,31+/m0/s1. The Kier molecular flexibility index (Phi) is 10.8. The molecular formula is C32H42N4O5S. The number of hydrogen-bond donors (Lipinski definition) is 4. The van der Waals surface area contributed by atoms with E-state index < -0.39 is 22.2 Å². The molecule has 3 aromatic rings. The average Bonchev–Trinajstić information content (AvgIpc) is 2.96. The van der Waals surface area contributed by atoms with E-state index in [1.165, 1.54) is 4.31 Å². The summed E-state index contributed by atoms with van der Waals surface area (Å²) in [4.78, 5) is 13.7. The Morgan fingerprint density at radius 2 is 1.83 bits per heavy atom. The van der Waals surface area contributed by atoms with Crippen LogP contribution in [0.25, 0.3) is 0 Å². The number of hydrogen-bond acceptors (Lipinski definition) is 7. The van der Waals surface area contributed by atoms with Gasteiger partial charge in [0.15, 0.2) is 0 Å². The maximum Gasteiger partial charge on any atom is 0.251 e. The van der Waals surface area contributed by atoms with Crippen molar-refractivity contribution < 1.29 is 23.1 Å². The number of aliphatic hydroxyl groups is 1. The molecule has 0 aromatic heterocycles. The van der Waals surface area contributed by atoms with Crippen molar-refractivity contribution in [1.29, 1.82) is 0 Å². The minimum absolute atomic E-state index is 0.0909. The van der Waals surface area contributed by atoms with E-state index >= 15 is 0 Å². The van der Waals surface area contributed by atoms with Crippen molar-refractivity contribution in [3.05, 3.63) is 89.0 Å². The summed E-state index contributed by atoms with van der Waals surface area (Å²) < 4.78 is 32.4. The fourth-order valence-electron chi connectivity index (χ4n) is 5.23. The molecule has 0 saturated carbocycles. The van der Waals surface area contributed by atoms with Crippen LogP contribution in [0.3, 0.4) is 0 Å². The Bertz CT molecular complexity index is 1450. The molecule has 0 radical (unpaired) electrons. The van der Waals surface area contributed by atoms with Crippen molar-refractivity contribution in [3.63, 3.8) is 0 Å². The average molecular weight is 595 g/mol. The maximum atomic E-state index is 13.7. The molecule has 2 atom stereocenters. The van der Waals surface area contributed by atoms with Crippen LogP contribution in [0.4, 0.5) is 11.4 Å². The van der Waals surface area contributed by atoms with Crippen LogP contribution in [0, 0.1) is 6.92 Å². The Balaban J connectivity index is 1.53. The van der Waals surface area contributed by atoms with Crippen LogP contribution in [0.1, 0.15) is 46.8 Å². The van der Waals surface area contributed by atoms with Crippen LogP contribution in [0.5, 0.6) is 5.75 Å². The predicted octanol–water partition coefficient (Wildman–Crippen LogP) is 3.86. The van der Waals surface area contributed by atoms with Gasteiger partial charge in [0, 0.05) is 37.4 Å². The van der Waals surface area contributed by atoms with Crippen molar-refractivity contribution in [2.24, 2.45) is 0 Å². The van der Waals surface area contributed by atoms with Gasteiger partial charge in [0.1, 0.15) is 5.75 Å². The lowest BCUT2D eigenvalue weighted by Gasteiger charge is -2.29. The SMILES string of the molecule is CCNc1cc(C(=O)N[C@@H](Cc2ccccc2)[C@H](O)CNCc2cc(C)cc(OC)c2)cc(N2CCCCS2(=O)=O)c1.